The average molecular weight is 986 g/mol. The lowest BCUT2D eigenvalue weighted by molar-refractivity contribution is 0.652. The number of rotatable bonds is 7. The Hall–Kier alpha value is -8.78. The summed E-state index contributed by atoms with van der Waals surface area (Å²) >= 11 is 0. The Kier molecular flexibility index (Phi) is 9.69. The maximum Gasteiger partial charge on any atom is 0.0714 e. The van der Waals surface area contributed by atoms with Crippen molar-refractivity contribution in [1.29, 1.82) is 0 Å². The van der Waals surface area contributed by atoms with E-state index in [9.17, 15) is 0 Å². The van der Waals surface area contributed by atoms with Gasteiger partial charge in [-0.15, -0.1) is 0 Å². The molecule has 0 radical (unpaired) electrons. The molecule has 0 saturated carbocycles. The van der Waals surface area contributed by atoms with Gasteiger partial charge in [0.2, 0.25) is 0 Å². The second kappa shape index (κ2) is 16.4. The third kappa shape index (κ3) is 6.35. The Labute approximate surface area is 453 Å². The maximum absolute atomic E-state index is 2.57. The molecule has 1 nitrogen and oxygen atoms in total. The zero-order valence-corrected chi connectivity index (χ0v) is 44.6. The zero-order chi connectivity index (χ0) is 52.0. The first-order valence-electron chi connectivity index (χ1n) is 27.5. The molecule has 15 rings (SSSR count). The second-order valence-electron chi connectivity index (χ2n) is 23.6. The van der Waals surface area contributed by atoms with E-state index in [2.05, 4.69) is 295 Å². The van der Waals surface area contributed by atoms with Crippen molar-refractivity contribution in [3.63, 3.8) is 0 Å². The van der Waals surface area contributed by atoms with Crippen molar-refractivity contribution in [2.24, 2.45) is 0 Å². The molecule has 0 spiro atoms. The van der Waals surface area contributed by atoms with Gasteiger partial charge in [-0.05, 0) is 177 Å². The topological polar surface area (TPSA) is 3.24 Å². The van der Waals surface area contributed by atoms with Gasteiger partial charge < -0.3 is 4.90 Å². The Balaban J connectivity index is 0.937. The van der Waals surface area contributed by atoms with Crippen LogP contribution in [0.4, 0.5) is 17.1 Å². The molecule has 0 atom stereocenters. The summed E-state index contributed by atoms with van der Waals surface area (Å²) in [7, 11) is 0. The minimum Gasteiger partial charge on any atom is -0.310 e. The molecule has 11 aromatic rings. The monoisotopic (exact) mass is 985 g/mol. The Morgan fingerprint density at radius 3 is 1.34 bits per heavy atom. The van der Waals surface area contributed by atoms with Gasteiger partial charge in [-0.2, -0.15) is 0 Å². The van der Waals surface area contributed by atoms with Crippen molar-refractivity contribution >= 4 is 17.1 Å². The predicted molar refractivity (Wildman–Crippen MR) is 322 cm³/mol. The molecule has 368 valence electrons. The minimum atomic E-state index is -0.539. The first-order chi connectivity index (χ1) is 37.5. The quantitative estimate of drug-likeness (QED) is 0.154. The van der Waals surface area contributed by atoms with Gasteiger partial charge in [-0.1, -0.05) is 236 Å². The van der Waals surface area contributed by atoms with Crippen LogP contribution in [-0.4, -0.2) is 0 Å². The average Bonchev–Trinajstić information content (AvgIpc) is 4.15. The summed E-state index contributed by atoms with van der Waals surface area (Å²) in [6, 6.07) is 94.3. The van der Waals surface area contributed by atoms with Crippen molar-refractivity contribution in [1.82, 2.24) is 0 Å². The third-order valence-corrected chi connectivity index (χ3v) is 18.5. The first-order valence-corrected chi connectivity index (χ1v) is 27.5. The van der Waals surface area contributed by atoms with E-state index in [1.165, 1.54) is 122 Å². The standard InChI is InChI=1S/C76H59N/c1-73(2)64-41-37-53(43-61(64)59-38-34-50(42-67(59)73)48-22-11-7-12-23-48)77(55-35-39-58-57-30-19-20-32-65(57)76(71(58)45-55,51-26-15-9-16-27-51)52-28-17-10-18-29-52)54-36-40-60-62-46-70-63(47-69(62)75(5,6)68(60)44-54)72-56(49-24-13-8-14-25-49)31-21-33-66(72)74(70,3)4/h7-47H,1-6H3. The van der Waals surface area contributed by atoms with E-state index >= 15 is 0 Å². The summed E-state index contributed by atoms with van der Waals surface area (Å²) in [5.41, 5.74) is 31.3. The molecule has 0 aliphatic heterocycles. The molecule has 77 heavy (non-hydrogen) atoms. The third-order valence-electron chi connectivity index (χ3n) is 18.5. The van der Waals surface area contributed by atoms with Crippen LogP contribution in [0.5, 0.6) is 0 Å². The lowest BCUT2D eigenvalue weighted by Crippen LogP contribution is -2.28. The Bertz CT molecular complexity index is 4180. The summed E-state index contributed by atoms with van der Waals surface area (Å²) in [6.07, 6.45) is 0. The van der Waals surface area contributed by atoms with E-state index in [0.717, 1.165) is 17.1 Å². The number of fused-ring (bicyclic) bond motifs is 12. The number of hydrogen-bond acceptors (Lipinski definition) is 1. The highest BCUT2D eigenvalue weighted by atomic mass is 15.1. The first kappa shape index (κ1) is 45.6. The van der Waals surface area contributed by atoms with Crippen LogP contribution in [-0.2, 0) is 21.7 Å². The van der Waals surface area contributed by atoms with Gasteiger partial charge >= 0.3 is 0 Å². The van der Waals surface area contributed by atoms with Crippen molar-refractivity contribution in [3.05, 3.63) is 304 Å². The van der Waals surface area contributed by atoms with Crippen LogP contribution in [0.1, 0.15) is 97.2 Å². The van der Waals surface area contributed by atoms with Gasteiger partial charge in [-0.25, -0.2) is 0 Å². The molecule has 0 fully saturated rings. The highest BCUT2D eigenvalue weighted by Gasteiger charge is 2.47. The van der Waals surface area contributed by atoms with E-state index < -0.39 is 5.41 Å². The van der Waals surface area contributed by atoms with Gasteiger partial charge in [0.1, 0.15) is 0 Å². The number of nitrogens with zero attached hydrogens (tertiary/aromatic N) is 1. The van der Waals surface area contributed by atoms with Gasteiger partial charge in [0.15, 0.2) is 0 Å². The molecular weight excluding hydrogens is 927 g/mol. The summed E-state index contributed by atoms with van der Waals surface area (Å²) in [5, 5.41) is 0. The zero-order valence-electron chi connectivity index (χ0n) is 44.6. The van der Waals surface area contributed by atoms with Crippen molar-refractivity contribution in [2.75, 3.05) is 4.90 Å². The number of hydrogen-bond donors (Lipinski definition) is 0. The van der Waals surface area contributed by atoms with Gasteiger partial charge in [0, 0.05) is 33.3 Å². The van der Waals surface area contributed by atoms with Crippen LogP contribution in [0, 0.1) is 0 Å². The van der Waals surface area contributed by atoms with Crippen LogP contribution >= 0.6 is 0 Å². The maximum atomic E-state index is 2.57. The summed E-state index contributed by atoms with van der Waals surface area (Å²) < 4.78 is 0. The molecular formula is C76H59N. The largest absolute Gasteiger partial charge is 0.310 e. The molecule has 0 bridgehead atoms. The van der Waals surface area contributed by atoms with Crippen LogP contribution in [0.2, 0.25) is 0 Å². The van der Waals surface area contributed by atoms with E-state index in [1.807, 2.05) is 0 Å². The molecule has 0 N–H and O–H groups in total. The smallest absolute Gasteiger partial charge is 0.0714 e. The summed E-state index contributed by atoms with van der Waals surface area (Å²) in [5.74, 6) is 0. The summed E-state index contributed by atoms with van der Waals surface area (Å²) in [4.78, 5) is 2.55. The molecule has 11 aromatic carbocycles. The number of benzene rings is 11. The van der Waals surface area contributed by atoms with E-state index in [4.69, 9.17) is 0 Å². The van der Waals surface area contributed by atoms with Crippen LogP contribution in [0.15, 0.2) is 249 Å². The fourth-order valence-electron chi connectivity index (χ4n) is 14.7. The van der Waals surface area contributed by atoms with Crippen molar-refractivity contribution < 1.29 is 0 Å². The van der Waals surface area contributed by atoms with Crippen molar-refractivity contribution in [2.45, 2.75) is 63.2 Å². The predicted octanol–water partition coefficient (Wildman–Crippen LogP) is 19.8. The highest BCUT2D eigenvalue weighted by molar-refractivity contribution is 5.97. The number of anilines is 3. The molecule has 4 aliphatic rings. The van der Waals surface area contributed by atoms with Gasteiger partial charge in [0.05, 0.1) is 5.41 Å². The van der Waals surface area contributed by atoms with Gasteiger partial charge in [0.25, 0.3) is 0 Å². The lowest BCUT2D eigenvalue weighted by atomic mass is 9.67. The molecule has 1 heteroatoms. The van der Waals surface area contributed by atoms with E-state index in [-0.39, 0.29) is 16.2 Å². The molecule has 0 heterocycles. The van der Waals surface area contributed by atoms with E-state index in [1.54, 1.807) is 0 Å². The summed E-state index contributed by atoms with van der Waals surface area (Å²) in [6.45, 7) is 14.5. The fourth-order valence-corrected chi connectivity index (χ4v) is 14.7. The van der Waals surface area contributed by atoms with Crippen LogP contribution in [0.25, 0.3) is 66.8 Å². The fraction of sp³-hybridized carbons (Fsp3) is 0.132. The molecule has 0 saturated heterocycles. The van der Waals surface area contributed by atoms with E-state index in [0.29, 0.717) is 0 Å². The molecule has 4 aliphatic carbocycles. The van der Waals surface area contributed by atoms with Crippen LogP contribution < -0.4 is 4.90 Å². The minimum absolute atomic E-state index is 0.153. The Morgan fingerprint density at radius 2 is 0.662 bits per heavy atom. The second-order valence-corrected chi connectivity index (χ2v) is 23.6. The lowest BCUT2D eigenvalue weighted by Gasteiger charge is -2.35. The Morgan fingerprint density at radius 1 is 0.234 bits per heavy atom. The van der Waals surface area contributed by atoms with Gasteiger partial charge in [-0.3, -0.25) is 0 Å². The molecule has 0 unspecified atom stereocenters. The van der Waals surface area contributed by atoms with Crippen LogP contribution in [0.3, 0.4) is 0 Å². The SMILES string of the molecule is CC1(C)c2ccc(N(c3ccc4c(c3)C(C)(C)c3cc5c(cc3-4)C(C)(C)c3cccc(-c4ccccc4)c3-5)c3ccc4c(c3)C(c3ccccc3)(c3ccccc3)c3ccccc3-4)cc2-c2ccc(-c3ccccc3)cc21. The highest BCUT2D eigenvalue weighted by Crippen LogP contribution is 2.61. The normalized spacial score (nSPS) is 15.6. The molecule has 0 aromatic heterocycles. The van der Waals surface area contributed by atoms with Crippen molar-refractivity contribution in [3.8, 4) is 66.8 Å². The molecule has 0 amide bonds.